The lowest BCUT2D eigenvalue weighted by Crippen LogP contribution is -2.31. The molecule has 2 aromatic rings. The maximum Gasteiger partial charge on any atom is 0.214 e. The fourth-order valence-corrected chi connectivity index (χ4v) is 2.69. The first-order chi connectivity index (χ1) is 10.4. The number of sulfonamides is 1. The van der Waals surface area contributed by atoms with Gasteiger partial charge in [-0.1, -0.05) is 61.2 Å². The van der Waals surface area contributed by atoms with Crippen molar-refractivity contribution < 1.29 is 8.42 Å². The largest absolute Gasteiger partial charge is 0.214 e. The van der Waals surface area contributed by atoms with Gasteiger partial charge < -0.3 is 0 Å². The third kappa shape index (κ3) is 4.06. The van der Waals surface area contributed by atoms with E-state index >= 15 is 0 Å². The predicted octanol–water partition coefficient (Wildman–Crippen LogP) is 3.69. The lowest BCUT2D eigenvalue weighted by molar-refractivity contribution is 0.577. The van der Waals surface area contributed by atoms with Crippen molar-refractivity contribution >= 4 is 15.6 Å². The van der Waals surface area contributed by atoms with Crippen molar-refractivity contribution in [3.05, 3.63) is 66.7 Å². The fourth-order valence-electron chi connectivity index (χ4n) is 1.99. The minimum atomic E-state index is -3.26. The van der Waals surface area contributed by atoms with Gasteiger partial charge in [0.2, 0.25) is 10.0 Å². The summed E-state index contributed by atoms with van der Waals surface area (Å²) in [6.45, 7) is 7.50. The maximum atomic E-state index is 11.8. The zero-order valence-corrected chi connectivity index (χ0v) is 13.7. The highest BCUT2D eigenvalue weighted by molar-refractivity contribution is 7.90. The van der Waals surface area contributed by atoms with Gasteiger partial charge in [-0.25, -0.2) is 13.1 Å². The van der Waals surface area contributed by atoms with Crippen LogP contribution in [0, 0.1) is 0 Å². The minimum absolute atomic E-state index is 0.227. The molecule has 0 aromatic heterocycles. The lowest BCUT2D eigenvalue weighted by Gasteiger charge is -2.12. The molecule has 0 unspecified atom stereocenters. The summed E-state index contributed by atoms with van der Waals surface area (Å²) in [5.41, 5.74) is 3.97. The van der Waals surface area contributed by atoms with Gasteiger partial charge in [-0.15, -0.1) is 0 Å². The highest BCUT2D eigenvalue weighted by atomic mass is 32.2. The zero-order chi connectivity index (χ0) is 16.2. The molecule has 0 aliphatic carbocycles. The van der Waals surface area contributed by atoms with Crippen LogP contribution >= 0.6 is 0 Å². The fraction of sp³-hybridized carbons (Fsp3) is 0.222. The number of rotatable bonds is 6. The summed E-state index contributed by atoms with van der Waals surface area (Å²) in [4.78, 5) is 0. The van der Waals surface area contributed by atoms with E-state index in [1.807, 2.05) is 42.5 Å². The van der Waals surface area contributed by atoms with Gasteiger partial charge in [0.1, 0.15) is 0 Å². The van der Waals surface area contributed by atoms with Crippen molar-refractivity contribution in [2.75, 3.05) is 6.54 Å². The average molecular weight is 315 g/mol. The van der Waals surface area contributed by atoms with Gasteiger partial charge in [0, 0.05) is 6.54 Å². The quantitative estimate of drug-likeness (QED) is 0.883. The Labute approximate surface area is 132 Å². The first-order valence-electron chi connectivity index (χ1n) is 7.22. The Bertz CT molecular complexity index is 732. The first kappa shape index (κ1) is 16.5. The van der Waals surface area contributed by atoms with Gasteiger partial charge in [0.15, 0.2) is 0 Å². The van der Waals surface area contributed by atoms with E-state index in [2.05, 4.69) is 23.4 Å². The Morgan fingerprint density at radius 2 is 1.55 bits per heavy atom. The molecule has 0 radical (unpaired) electrons. The summed E-state index contributed by atoms with van der Waals surface area (Å²) in [6, 6.07) is 18.1. The number of hydrogen-bond acceptors (Lipinski definition) is 2. The molecule has 0 aliphatic rings. The summed E-state index contributed by atoms with van der Waals surface area (Å²) < 4.78 is 26.1. The van der Waals surface area contributed by atoms with E-state index in [9.17, 15) is 8.42 Å². The van der Waals surface area contributed by atoms with Crippen LogP contribution in [0.15, 0.2) is 61.2 Å². The maximum absolute atomic E-state index is 11.8. The lowest BCUT2D eigenvalue weighted by atomic mass is 10.0. The molecule has 4 heteroatoms. The van der Waals surface area contributed by atoms with E-state index in [-0.39, 0.29) is 6.54 Å². The van der Waals surface area contributed by atoms with Gasteiger partial charge in [0.25, 0.3) is 0 Å². The molecule has 0 heterocycles. The smallest absolute Gasteiger partial charge is 0.212 e. The third-order valence-electron chi connectivity index (χ3n) is 3.51. The van der Waals surface area contributed by atoms with Gasteiger partial charge in [-0.05, 0) is 36.1 Å². The van der Waals surface area contributed by atoms with Gasteiger partial charge >= 0.3 is 0 Å². The molecule has 3 nitrogen and oxygen atoms in total. The molecule has 2 rings (SSSR count). The summed E-state index contributed by atoms with van der Waals surface area (Å²) in [7, 11) is -3.26. The average Bonchev–Trinajstić information content (AvgIpc) is 2.53. The van der Waals surface area contributed by atoms with E-state index in [1.165, 1.54) is 0 Å². The van der Waals surface area contributed by atoms with Crippen LogP contribution in [-0.4, -0.2) is 20.2 Å². The van der Waals surface area contributed by atoms with Crippen LogP contribution in [0.25, 0.3) is 16.7 Å². The Hall–Kier alpha value is -1.91. The van der Waals surface area contributed by atoms with Crippen LogP contribution in [0.2, 0.25) is 0 Å². The first-order valence-corrected chi connectivity index (χ1v) is 8.77. The third-order valence-corrected chi connectivity index (χ3v) is 5.30. The van der Waals surface area contributed by atoms with Gasteiger partial charge in [-0.2, -0.15) is 0 Å². The van der Waals surface area contributed by atoms with E-state index < -0.39 is 15.3 Å². The predicted molar refractivity (Wildman–Crippen MR) is 93.0 cm³/mol. The molecule has 22 heavy (non-hydrogen) atoms. The van der Waals surface area contributed by atoms with E-state index in [1.54, 1.807) is 13.8 Å². The molecule has 2 aromatic carbocycles. The molecule has 0 aliphatic heterocycles. The Morgan fingerprint density at radius 3 is 2.09 bits per heavy atom. The SMILES string of the molecule is C=C(CNS(=O)(=O)C(C)C)c1ccc(-c2ccccc2)cc1. The Balaban J connectivity index is 2.06. The molecule has 1 N–H and O–H groups in total. The standard InChI is InChI=1S/C18H21NO2S/c1-14(2)22(20,21)19-13-15(3)16-9-11-18(12-10-16)17-7-5-4-6-8-17/h4-12,14,19H,3,13H2,1-2H3. The number of nitrogens with one attached hydrogen (secondary N) is 1. The number of hydrogen-bond donors (Lipinski definition) is 1. The molecule has 0 spiro atoms. The topological polar surface area (TPSA) is 46.2 Å². The van der Waals surface area contributed by atoms with Crippen LogP contribution in [0.3, 0.4) is 0 Å². The number of benzene rings is 2. The molecule has 116 valence electrons. The van der Waals surface area contributed by atoms with Crippen LogP contribution in [0.5, 0.6) is 0 Å². The van der Waals surface area contributed by atoms with Crippen molar-refractivity contribution in [1.29, 1.82) is 0 Å². The molecule has 0 bridgehead atoms. The van der Waals surface area contributed by atoms with Crippen molar-refractivity contribution in [2.45, 2.75) is 19.1 Å². The highest BCUT2D eigenvalue weighted by Crippen LogP contribution is 2.21. The summed E-state index contributed by atoms with van der Waals surface area (Å²) in [5, 5.41) is -0.444. The van der Waals surface area contributed by atoms with Gasteiger partial charge in [0.05, 0.1) is 5.25 Å². The summed E-state index contributed by atoms with van der Waals surface area (Å²) in [5.74, 6) is 0. The molecule has 0 amide bonds. The second-order valence-corrected chi connectivity index (χ2v) is 7.78. The molecular weight excluding hydrogens is 294 g/mol. The Kier molecular flexibility index (Phi) is 5.16. The molecule has 0 saturated heterocycles. The minimum Gasteiger partial charge on any atom is -0.212 e. The van der Waals surface area contributed by atoms with Crippen LogP contribution < -0.4 is 4.72 Å². The van der Waals surface area contributed by atoms with Crippen LogP contribution in [0.1, 0.15) is 19.4 Å². The molecule has 0 atom stereocenters. The van der Waals surface area contributed by atoms with Crippen molar-refractivity contribution in [1.82, 2.24) is 4.72 Å². The summed E-state index contributed by atoms with van der Waals surface area (Å²) >= 11 is 0. The Morgan fingerprint density at radius 1 is 1.00 bits per heavy atom. The van der Waals surface area contributed by atoms with Crippen LogP contribution in [0.4, 0.5) is 0 Å². The van der Waals surface area contributed by atoms with Crippen molar-refractivity contribution in [3.8, 4) is 11.1 Å². The molecular formula is C18H21NO2S. The highest BCUT2D eigenvalue weighted by Gasteiger charge is 2.15. The normalized spacial score (nSPS) is 11.6. The second kappa shape index (κ2) is 6.90. The summed E-state index contributed by atoms with van der Waals surface area (Å²) in [6.07, 6.45) is 0. The van der Waals surface area contributed by atoms with Crippen molar-refractivity contribution in [2.24, 2.45) is 0 Å². The van der Waals surface area contributed by atoms with Crippen LogP contribution in [-0.2, 0) is 10.0 Å². The monoisotopic (exact) mass is 315 g/mol. The molecule has 0 saturated carbocycles. The second-order valence-electron chi connectivity index (χ2n) is 5.46. The molecule has 0 fully saturated rings. The van der Waals surface area contributed by atoms with E-state index in [4.69, 9.17) is 0 Å². The van der Waals surface area contributed by atoms with E-state index in [0.717, 1.165) is 22.3 Å². The van der Waals surface area contributed by atoms with Gasteiger partial charge in [-0.3, -0.25) is 0 Å². The zero-order valence-electron chi connectivity index (χ0n) is 12.9. The van der Waals surface area contributed by atoms with Crippen molar-refractivity contribution in [3.63, 3.8) is 0 Å². The van der Waals surface area contributed by atoms with E-state index in [0.29, 0.717) is 0 Å².